The summed E-state index contributed by atoms with van der Waals surface area (Å²) in [6.07, 6.45) is 5.67. The summed E-state index contributed by atoms with van der Waals surface area (Å²) < 4.78 is 0. The minimum atomic E-state index is -0.252. The van der Waals surface area contributed by atoms with Gasteiger partial charge in [-0.25, -0.2) is 0 Å². The zero-order chi connectivity index (χ0) is 13.0. The third-order valence-corrected chi connectivity index (χ3v) is 4.73. The second-order valence-corrected chi connectivity index (χ2v) is 6.27. The Labute approximate surface area is 113 Å². The number of nitrogens with two attached hydrogens (primary N) is 1. The van der Waals surface area contributed by atoms with E-state index in [2.05, 4.69) is 18.3 Å². The molecule has 100 valence electrons. The van der Waals surface area contributed by atoms with Crippen LogP contribution in [-0.4, -0.2) is 11.4 Å². The van der Waals surface area contributed by atoms with Gasteiger partial charge in [0.1, 0.15) is 0 Å². The average Bonchev–Trinajstić information content (AvgIpc) is 2.97. The molecule has 4 heteroatoms. The number of carbonyl (C=O) groups is 1. The van der Waals surface area contributed by atoms with Crippen molar-refractivity contribution >= 4 is 17.2 Å². The van der Waals surface area contributed by atoms with E-state index >= 15 is 0 Å². The fraction of sp³-hybridized carbons (Fsp3) is 0.643. The van der Waals surface area contributed by atoms with Gasteiger partial charge in [-0.2, -0.15) is 0 Å². The lowest BCUT2D eigenvalue weighted by atomic mass is 9.94. The number of carbonyl (C=O) groups excluding carboxylic acids is 1. The molecule has 1 aliphatic rings. The molecule has 1 fully saturated rings. The highest BCUT2D eigenvalue weighted by Gasteiger charge is 2.32. The van der Waals surface area contributed by atoms with E-state index in [1.807, 2.05) is 11.4 Å². The Morgan fingerprint density at radius 2 is 2.28 bits per heavy atom. The van der Waals surface area contributed by atoms with E-state index in [-0.39, 0.29) is 17.5 Å². The lowest BCUT2D eigenvalue weighted by Crippen LogP contribution is -2.42. The quantitative estimate of drug-likeness (QED) is 0.861. The zero-order valence-electron chi connectivity index (χ0n) is 10.9. The minimum absolute atomic E-state index is 0.0969. The van der Waals surface area contributed by atoms with Crippen molar-refractivity contribution < 1.29 is 4.79 Å². The van der Waals surface area contributed by atoms with E-state index in [1.54, 1.807) is 11.3 Å². The second kappa shape index (κ2) is 5.85. The Balaban J connectivity index is 1.90. The lowest BCUT2D eigenvalue weighted by Gasteiger charge is -2.24. The maximum atomic E-state index is 12.1. The summed E-state index contributed by atoms with van der Waals surface area (Å²) in [5.74, 6) is 0.0969. The summed E-state index contributed by atoms with van der Waals surface area (Å²) in [5, 5.41) is 5.16. The van der Waals surface area contributed by atoms with E-state index in [0.717, 1.165) is 32.1 Å². The van der Waals surface area contributed by atoms with Gasteiger partial charge in [0.2, 0.25) is 5.91 Å². The predicted molar refractivity (Wildman–Crippen MR) is 75.5 cm³/mol. The van der Waals surface area contributed by atoms with Crippen LogP contribution in [0.15, 0.2) is 17.5 Å². The fourth-order valence-electron chi connectivity index (χ4n) is 2.68. The van der Waals surface area contributed by atoms with Gasteiger partial charge in [-0.15, -0.1) is 11.3 Å². The van der Waals surface area contributed by atoms with Gasteiger partial charge in [0.25, 0.3) is 0 Å². The average molecular weight is 266 g/mol. The van der Waals surface area contributed by atoms with Crippen LogP contribution in [0.25, 0.3) is 0 Å². The van der Waals surface area contributed by atoms with E-state index in [9.17, 15) is 4.79 Å². The van der Waals surface area contributed by atoms with Crippen molar-refractivity contribution in [3.05, 3.63) is 22.4 Å². The molecule has 1 amide bonds. The minimum Gasteiger partial charge on any atom is -0.348 e. The van der Waals surface area contributed by atoms with Crippen LogP contribution < -0.4 is 11.1 Å². The summed E-state index contributed by atoms with van der Waals surface area (Å²) in [7, 11) is 0. The van der Waals surface area contributed by atoms with Gasteiger partial charge in [-0.05, 0) is 30.7 Å². The van der Waals surface area contributed by atoms with Gasteiger partial charge in [0.15, 0.2) is 0 Å². The van der Waals surface area contributed by atoms with Gasteiger partial charge in [0, 0.05) is 16.8 Å². The normalized spacial score (nSPS) is 19.7. The molecule has 3 N–H and O–H groups in total. The molecule has 0 radical (unpaired) electrons. The summed E-state index contributed by atoms with van der Waals surface area (Å²) in [5.41, 5.74) is 5.99. The molecule has 0 aliphatic heterocycles. The summed E-state index contributed by atoms with van der Waals surface area (Å²) in [6, 6.07) is 4.24. The molecule has 18 heavy (non-hydrogen) atoms. The first-order chi connectivity index (χ1) is 8.63. The molecule has 0 bridgehead atoms. The molecule has 0 spiro atoms. The maximum Gasteiger partial charge on any atom is 0.222 e. The van der Waals surface area contributed by atoms with E-state index < -0.39 is 0 Å². The summed E-state index contributed by atoms with van der Waals surface area (Å²) >= 11 is 1.69. The third-order valence-electron chi connectivity index (χ3n) is 3.74. The van der Waals surface area contributed by atoms with Crippen molar-refractivity contribution in [3.8, 4) is 0 Å². The molecule has 1 heterocycles. The molecule has 3 nitrogen and oxygen atoms in total. The van der Waals surface area contributed by atoms with Gasteiger partial charge in [-0.1, -0.05) is 25.8 Å². The van der Waals surface area contributed by atoms with Crippen molar-refractivity contribution in [2.75, 3.05) is 0 Å². The van der Waals surface area contributed by atoms with E-state index in [4.69, 9.17) is 5.73 Å². The molecule has 1 aromatic heterocycles. The monoisotopic (exact) mass is 266 g/mol. The maximum absolute atomic E-state index is 12.1. The smallest absolute Gasteiger partial charge is 0.222 e. The first-order valence-corrected chi connectivity index (χ1v) is 7.62. The van der Waals surface area contributed by atoms with Crippen molar-refractivity contribution in [3.63, 3.8) is 0 Å². The van der Waals surface area contributed by atoms with Crippen LogP contribution in [0.5, 0.6) is 0 Å². The number of thiophene rings is 1. The second-order valence-electron chi connectivity index (χ2n) is 5.29. The molecular formula is C14H22N2OS. The Kier molecular flexibility index (Phi) is 4.40. The van der Waals surface area contributed by atoms with Crippen LogP contribution in [0.1, 0.15) is 56.4 Å². The van der Waals surface area contributed by atoms with E-state index in [0.29, 0.717) is 6.42 Å². The molecule has 1 atom stereocenters. The topological polar surface area (TPSA) is 55.1 Å². The summed E-state index contributed by atoms with van der Waals surface area (Å²) in [4.78, 5) is 13.3. The molecule has 2 rings (SSSR count). The lowest BCUT2D eigenvalue weighted by molar-refractivity contribution is -0.123. The molecule has 1 aliphatic carbocycles. The SMILES string of the molecule is CCC(NC(=O)CC1(N)CCCC1)c1cccs1. The number of nitrogens with one attached hydrogen (secondary N) is 1. The van der Waals surface area contributed by atoms with Crippen LogP contribution in [-0.2, 0) is 4.79 Å². The Morgan fingerprint density at radius 1 is 1.56 bits per heavy atom. The first kappa shape index (κ1) is 13.6. The highest BCUT2D eigenvalue weighted by molar-refractivity contribution is 7.10. The molecule has 1 aromatic rings. The molecule has 0 saturated heterocycles. The fourth-order valence-corrected chi connectivity index (χ4v) is 3.55. The number of hydrogen-bond acceptors (Lipinski definition) is 3. The first-order valence-electron chi connectivity index (χ1n) is 6.74. The third kappa shape index (κ3) is 3.33. The van der Waals surface area contributed by atoms with Crippen LogP contribution in [0, 0.1) is 0 Å². The van der Waals surface area contributed by atoms with Crippen LogP contribution in [0.4, 0.5) is 0 Å². The molecule has 1 unspecified atom stereocenters. The Bertz CT molecular complexity index is 383. The van der Waals surface area contributed by atoms with Crippen LogP contribution in [0.3, 0.4) is 0 Å². The van der Waals surface area contributed by atoms with Gasteiger partial charge in [-0.3, -0.25) is 4.79 Å². The van der Waals surface area contributed by atoms with Gasteiger partial charge >= 0.3 is 0 Å². The van der Waals surface area contributed by atoms with Gasteiger partial charge in [0.05, 0.1) is 6.04 Å². The van der Waals surface area contributed by atoms with Crippen molar-refractivity contribution in [1.82, 2.24) is 5.32 Å². The van der Waals surface area contributed by atoms with Crippen LogP contribution >= 0.6 is 11.3 Å². The van der Waals surface area contributed by atoms with Crippen molar-refractivity contribution in [1.29, 1.82) is 0 Å². The molecular weight excluding hydrogens is 244 g/mol. The highest BCUT2D eigenvalue weighted by atomic mass is 32.1. The predicted octanol–water partition coefficient (Wildman–Crippen LogP) is 2.98. The number of amides is 1. The Morgan fingerprint density at radius 3 is 2.83 bits per heavy atom. The standard InChI is InChI=1S/C14H22N2OS/c1-2-11(12-6-5-9-18-12)16-13(17)10-14(15)7-3-4-8-14/h5-6,9,11H,2-4,7-8,10,15H2,1H3,(H,16,17). The molecule has 0 aromatic carbocycles. The van der Waals surface area contributed by atoms with Gasteiger partial charge < -0.3 is 11.1 Å². The number of rotatable bonds is 5. The Hall–Kier alpha value is -0.870. The highest BCUT2D eigenvalue weighted by Crippen LogP contribution is 2.30. The molecule has 1 saturated carbocycles. The van der Waals surface area contributed by atoms with Crippen molar-refractivity contribution in [2.45, 2.75) is 57.0 Å². The largest absolute Gasteiger partial charge is 0.348 e. The van der Waals surface area contributed by atoms with E-state index in [1.165, 1.54) is 4.88 Å². The zero-order valence-corrected chi connectivity index (χ0v) is 11.8. The van der Waals surface area contributed by atoms with Crippen molar-refractivity contribution in [2.24, 2.45) is 5.73 Å². The van der Waals surface area contributed by atoms with Crippen LogP contribution in [0.2, 0.25) is 0 Å². The summed E-state index contributed by atoms with van der Waals surface area (Å²) in [6.45, 7) is 2.10. The number of hydrogen-bond donors (Lipinski definition) is 2.